The van der Waals surface area contributed by atoms with Crippen LogP contribution in [0.4, 0.5) is 11.4 Å². The largest absolute Gasteiger partial charge is 0.367 e. The number of amides is 1. The molecule has 4 nitrogen and oxygen atoms in total. The van der Waals surface area contributed by atoms with Crippen LogP contribution in [0.1, 0.15) is 10.4 Å². The smallest absolute Gasteiger partial charge is 0.257 e. The molecule has 0 spiro atoms. The summed E-state index contributed by atoms with van der Waals surface area (Å²) in [6.07, 6.45) is 1.97. The van der Waals surface area contributed by atoms with Gasteiger partial charge in [0, 0.05) is 36.1 Å². The lowest BCUT2D eigenvalue weighted by molar-refractivity contribution is 0.102. The van der Waals surface area contributed by atoms with Gasteiger partial charge in [-0.2, -0.15) is 0 Å². The van der Waals surface area contributed by atoms with Crippen LogP contribution in [0.2, 0.25) is 10.0 Å². The molecule has 0 unspecified atom stereocenters. The van der Waals surface area contributed by atoms with Gasteiger partial charge < -0.3 is 15.1 Å². The molecule has 7 heteroatoms. The summed E-state index contributed by atoms with van der Waals surface area (Å²) in [5.41, 5.74) is 2.15. The van der Waals surface area contributed by atoms with Crippen LogP contribution in [0.5, 0.6) is 0 Å². The SMILES string of the molecule is CSc1ccc(Cl)c(C(=O)Nc2cc(Cl)ccc2N2CCN(C)CC2)c1. The maximum Gasteiger partial charge on any atom is 0.257 e. The summed E-state index contributed by atoms with van der Waals surface area (Å²) in [5.74, 6) is -0.233. The second-order valence-corrected chi connectivity index (χ2v) is 7.97. The Morgan fingerprint density at radius 3 is 2.50 bits per heavy atom. The Balaban J connectivity index is 1.87. The Kier molecular flexibility index (Phi) is 6.35. The van der Waals surface area contributed by atoms with Crippen LogP contribution in [-0.4, -0.2) is 50.3 Å². The first-order valence-corrected chi connectivity index (χ1v) is 10.3. The fourth-order valence-electron chi connectivity index (χ4n) is 2.93. The molecule has 0 saturated carbocycles. The van der Waals surface area contributed by atoms with Gasteiger partial charge in [0.05, 0.1) is 22.0 Å². The summed E-state index contributed by atoms with van der Waals surface area (Å²) in [7, 11) is 2.11. The van der Waals surface area contributed by atoms with E-state index in [0.717, 1.165) is 36.8 Å². The maximum atomic E-state index is 12.8. The second kappa shape index (κ2) is 8.53. The van der Waals surface area contributed by atoms with Crippen LogP contribution in [0.25, 0.3) is 0 Å². The average molecular weight is 410 g/mol. The zero-order valence-electron chi connectivity index (χ0n) is 14.8. The number of halogens is 2. The van der Waals surface area contributed by atoms with E-state index in [2.05, 4.69) is 22.2 Å². The number of nitrogens with one attached hydrogen (secondary N) is 1. The van der Waals surface area contributed by atoms with Crippen LogP contribution >= 0.6 is 35.0 Å². The van der Waals surface area contributed by atoms with Crippen molar-refractivity contribution in [2.45, 2.75) is 4.90 Å². The Hall–Kier alpha value is -1.40. The van der Waals surface area contributed by atoms with Crippen molar-refractivity contribution in [1.29, 1.82) is 0 Å². The molecule has 1 amide bonds. The fourth-order valence-corrected chi connectivity index (χ4v) is 3.74. The Morgan fingerprint density at radius 1 is 1.08 bits per heavy atom. The van der Waals surface area contributed by atoms with Gasteiger partial charge in [-0.3, -0.25) is 4.79 Å². The topological polar surface area (TPSA) is 35.6 Å². The number of carbonyl (C=O) groups is 1. The molecule has 3 rings (SSSR count). The van der Waals surface area contributed by atoms with E-state index < -0.39 is 0 Å². The highest BCUT2D eigenvalue weighted by Gasteiger charge is 2.19. The zero-order chi connectivity index (χ0) is 18.7. The first-order valence-electron chi connectivity index (χ1n) is 8.36. The predicted octanol–water partition coefficient (Wildman–Crippen LogP) is 4.72. The molecule has 2 aromatic carbocycles. The molecule has 0 bridgehead atoms. The lowest BCUT2D eigenvalue weighted by Crippen LogP contribution is -2.44. The predicted molar refractivity (Wildman–Crippen MR) is 112 cm³/mol. The van der Waals surface area contributed by atoms with Gasteiger partial charge in [-0.15, -0.1) is 11.8 Å². The van der Waals surface area contributed by atoms with Crippen molar-refractivity contribution in [2.75, 3.05) is 49.7 Å². The van der Waals surface area contributed by atoms with Gasteiger partial charge in [0.25, 0.3) is 5.91 Å². The first-order chi connectivity index (χ1) is 12.5. The molecular formula is C19H21Cl2N3OS. The number of anilines is 2. The molecule has 0 radical (unpaired) electrons. The number of rotatable bonds is 4. The number of benzene rings is 2. The molecular weight excluding hydrogens is 389 g/mol. The Labute approximate surface area is 168 Å². The van der Waals surface area contributed by atoms with Crippen molar-refractivity contribution in [1.82, 2.24) is 4.90 Å². The van der Waals surface area contributed by atoms with E-state index in [1.807, 2.05) is 30.5 Å². The molecule has 1 aliphatic heterocycles. The van der Waals surface area contributed by atoms with E-state index in [4.69, 9.17) is 23.2 Å². The average Bonchev–Trinajstić information content (AvgIpc) is 2.63. The van der Waals surface area contributed by atoms with Crippen LogP contribution in [0, 0.1) is 0 Å². The molecule has 1 fully saturated rings. The Bertz CT molecular complexity index is 807. The van der Waals surface area contributed by atoms with E-state index >= 15 is 0 Å². The monoisotopic (exact) mass is 409 g/mol. The fraction of sp³-hybridized carbons (Fsp3) is 0.316. The van der Waals surface area contributed by atoms with Crippen LogP contribution in [0.3, 0.4) is 0 Å². The molecule has 26 heavy (non-hydrogen) atoms. The second-order valence-electron chi connectivity index (χ2n) is 6.25. The minimum atomic E-state index is -0.233. The van der Waals surface area contributed by atoms with Crippen molar-refractivity contribution in [3.63, 3.8) is 0 Å². The van der Waals surface area contributed by atoms with Crippen molar-refractivity contribution < 1.29 is 4.79 Å². The number of hydrogen-bond donors (Lipinski definition) is 1. The van der Waals surface area contributed by atoms with Gasteiger partial charge in [0.1, 0.15) is 0 Å². The zero-order valence-corrected chi connectivity index (χ0v) is 17.1. The summed E-state index contributed by atoms with van der Waals surface area (Å²) in [5, 5.41) is 4.02. The van der Waals surface area contributed by atoms with Gasteiger partial charge in [-0.25, -0.2) is 0 Å². The van der Waals surface area contributed by atoms with Crippen molar-refractivity contribution in [2.24, 2.45) is 0 Å². The van der Waals surface area contributed by atoms with Crippen LogP contribution in [0.15, 0.2) is 41.3 Å². The van der Waals surface area contributed by atoms with Crippen molar-refractivity contribution in [3.8, 4) is 0 Å². The highest BCUT2D eigenvalue weighted by Crippen LogP contribution is 2.31. The highest BCUT2D eigenvalue weighted by atomic mass is 35.5. The lowest BCUT2D eigenvalue weighted by atomic mass is 10.1. The summed E-state index contributed by atoms with van der Waals surface area (Å²) < 4.78 is 0. The molecule has 0 aromatic heterocycles. The molecule has 2 aromatic rings. The van der Waals surface area contributed by atoms with Crippen molar-refractivity contribution in [3.05, 3.63) is 52.0 Å². The Morgan fingerprint density at radius 2 is 1.81 bits per heavy atom. The maximum absolute atomic E-state index is 12.8. The summed E-state index contributed by atoms with van der Waals surface area (Å²) in [6, 6.07) is 11.1. The molecule has 0 atom stereocenters. The quantitative estimate of drug-likeness (QED) is 0.740. The van der Waals surface area contributed by atoms with Gasteiger partial charge in [-0.1, -0.05) is 23.2 Å². The third-order valence-corrected chi connectivity index (χ3v) is 5.76. The molecule has 1 aliphatic rings. The van der Waals surface area contributed by atoms with Gasteiger partial charge >= 0.3 is 0 Å². The molecule has 138 valence electrons. The lowest BCUT2D eigenvalue weighted by Gasteiger charge is -2.35. The summed E-state index contributed by atoms with van der Waals surface area (Å²) >= 11 is 14.0. The molecule has 1 N–H and O–H groups in total. The van der Waals surface area contributed by atoms with E-state index in [-0.39, 0.29) is 5.91 Å². The molecule has 0 aliphatic carbocycles. The van der Waals surface area contributed by atoms with Gasteiger partial charge in [0.2, 0.25) is 0 Å². The minimum absolute atomic E-state index is 0.233. The highest BCUT2D eigenvalue weighted by molar-refractivity contribution is 7.98. The summed E-state index contributed by atoms with van der Waals surface area (Å²) in [4.78, 5) is 18.4. The molecule has 1 saturated heterocycles. The van der Waals surface area contributed by atoms with E-state index in [1.54, 1.807) is 23.9 Å². The molecule has 1 heterocycles. The third kappa shape index (κ3) is 4.46. The number of carbonyl (C=O) groups excluding carboxylic acids is 1. The van der Waals surface area contributed by atoms with Crippen LogP contribution < -0.4 is 10.2 Å². The number of piperazine rings is 1. The number of nitrogens with zero attached hydrogens (tertiary/aromatic N) is 2. The standard InChI is InChI=1S/C19H21Cl2N3OS/c1-23-7-9-24(10-8-23)18-6-3-13(20)11-17(18)22-19(25)15-12-14(26-2)4-5-16(15)21/h3-6,11-12H,7-10H2,1-2H3,(H,22,25). The van der Waals surface area contributed by atoms with E-state index in [0.29, 0.717) is 21.3 Å². The third-order valence-electron chi connectivity index (χ3n) is 4.47. The summed E-state index contributed by atoms with van der Waals surface area (Å²) in [6.45, 7) is 3.78. The number of hydrogen-bond acceptors (Lipinski definition) is 4. The minimum Gasteiger partial charge on any atom is -0.367 e. The van der Waals surface area contributed by atoms with E-state index in [1.165, 1.54) is 0 Å². The van der Waals surface area contributed by atoms with Gasteiger partial charge in [0.15, 0.2) is 0 Å². The number of likely N-dealkylation sites (N-methyl/N-ethyl adjacent to an activating group) is 1. The normalized spacial score (nSPS) is 15.2. The number of thioether (sulfide) groups is 1. The first kappa shape index (κ1) is 19.4. The van der Waals surface area contributed by atoms with E-state index in [9.17, 15) is 4.79 Å². The van der Waals surface area contributed by atoms with Crippen LogP contribution in [-0.2, 0) is 0 Å². The van der Waals surface area contributed by atoms with Crippen molar-refractivity contribution >= 4 is 52.2 Å². The van der Waals surface area contributed by atoms with Gasteiger partial charge in [-0.05, 0) is 49.7 Å².